The predicted octanol–water partition coefficient (Wildman–Crippen LogP) is 1.96. The van der Waals surface area contributed by atoms with E-state index in [-0.39, 0.29) is 18.5 Å². The Morgan fingerprint density at radius 2 is 1.84 bits per heavy atom. The maximum atomic E-state index is 12.5. The predicted molar refractivity (Wildman–Crippen MR) is 96.3 cm³/mol. The number of thioether (sulfide) groups is 1. The van der Waals surface area contributed by atoms with Gasteiger partial charge in [0.05, 0.1) is 4.91 Å². The lowest BCUT2D eigenvalue weighted by Gasteiger charge is -2.36. The first-order valence-corrected chi connectivity index (χ1v) is 9.71. The molecule has 3 aliphatic rings. The van der Waals surface area contributed by atoms with E-state index in [0.717, 1.165) is 48.7 Å². The third kappa shape index (κ3) is 3.14. The van der Waals surface area contributed by atoms with E-state index in [1.54, 1.807) is 23.9 Å². The standard InChI is InChI=1S/C19H21NO4S/c21-10-12-5-7-20(8-6-12)9-13-11-25-19-15-4-2-1-3-14(15)16(22)17(23)18(19)24-13/h1-4,12-13,21H,5-11H2. The average molecular weight is 359 g/mol. The van der Waals surface area contributed by atoms with E-state index in [1.807, 2.05) is 12.1 Å². The van der Waals surface area contributed by atoms with Gasteiger partial charge in [0.1, 0.15) is 6.10 Å². The molecule has 0 spiro atoms. The summed E-state index contributed by atoms with van der Waals surface area (Å²) in [6.45, 7) is 2.90. The molecule has 0 radical (unpaired) electrons. The molecule has 0 saturated carbocycles. The SMILES string of the molecule is O=C1C(=O)c2ccccc2C2=C1OC(CN1CCC(CO)CC1)CS2. The van der Waals surface area contributed by atoms with E-state index in [9.17, 15) is 14.7 Å². The van der Waals surface area contributed by atoms with Crippen molar-refractivity contribution in [3.63, 3.8) is 0 Å². The van der Waals surface area contributed by atoms with E-state index < -0.39 is 11.6 Å². The number of ketones is 2. The number of likely N-dealkylation sites (tertiary alicyclic amines) is 1. The maximum absolute atomic E-state index is 12.5. The van der Waals surface area contributed by atoms with E-state index in [0.29, 0.717) is 11.5 Å². The Morgan fingerprint density at radius 1 is 1.12 bits per heavy atom. The number of Topliss-reactive ketones (excluding diaryl/α,β-unsaturated/α-hetero) is 2. The maximum Gasteiger partial charge on any atom is 0.269 e. The van der Waals surface area contributed by atoms with Gasteiger partial charge in [0.15, 0.2) is 5.76 Å². The number of fused-ring (bicyclic) bond motifs is 2. The second-order valence-electron chi connectivity index (χ2n) is 6.84. The third-order valence-corrected chi connectivity index (χ3v) is 6.39. The number of piperidine rings is 1. The Balaban J connectivity index is 1.49. The summed E-state index contributed by atoms with van der Waals surface area (Å²) >= 11 is 1.61. The van der Waals surface area contributed by atoms with Crippen molar-refractivity contribution in [3.05, 3.63) is 41.2 Å². The van der Waals surface area contributed by atoms with Gasteiger partial charge < -0.3 is 9.84 Å². The number of carbonyl (C=O) groups is 2. The van der Waals surface area contributed by atoms with E-state index in [4.69, 9.17) is 4.74 Å². The molecule has 25 heavy (non-hydrogen) atoms. The molecule has 132 valence electrons. The highest BCUT2D eigenvalue weighted by Crippen LogP contribution is 2.42. The van der Waals surface area contributed by atoms with E-state index >= 15 is 0 Å². The molecule has 0 aromatic heterocycles. The van der Waals surface area contributed by atoms with Gasteiger partial charge in [0.2, 0.25) is 5.78 Å². The topological polar surface area (TPSA) is 66.8 Å². The zero-order valence-electron chi connectivity index (χ0n) is 13.9. The van der Waals surface area contributed by atoms with Crippen molar-refractivity contribution in [2.24, 2.45) is 5.92 Å². The number of ether oxygens (including phenoxy) is 1. The quantitative estimate of drug-likeness (QED) is 0.832. The lowest BCUT2D eigenvalue weighted by atomic mass is 9.93. The number of rotatable bonds is 3. The second-order valence-corrected chi connectivity index (χ2v) is 7.87. The van der Waals surface area contributed by atoms with E-state index in [1.165, 1.54) is 0 Å². The van der Waals surface area contributed by atoms with Crippen molar-refractivity contribution in [1.82, 2.24) is 4.90 Å². The molecule has 1 fully saturated rings. The van der Waals surface area contributed by atoms with Crippen LogP contribution in [0.5, 0.6) is 0 Å². The number of aliphatic hydroxyl groups excluding tert-OH is 1. The molecule has 1 unspecified atom stereocenters. The molecule has 6 heteroatoms. The van der Waals surface area contributed by atoms with Gasteiger partial charge in [-0.1, -0.05) is 24.3 Å². The number of hydrogen-bond acceptors (Lipinski definition) is 6. The number of aliphatic hydroxyl groups is 1. The lowest BCUT2D eigenvalue weighted by molar-refractivity contribution is -0.116. The monoisotopic (exact) mass is 359 g/mol. The van der Waals surface area contributed by atoms with Crippen molar-refractivity contribution in [2.75, 3.05) is 32.0 Å². The molecule has 1 atom stereocenters. The van der Waals surface area contributed by atoms with Crippen LogP contribution < -0.4 is 0 Å². The molecule has 1 saturated heterocycles. The first kappa shape index (κ1) is 16.8. The van der Waals surface area contributed by atoms with Crippen molar-refractivity contribution in [2.45, 2.75) is 18.9 Å². The van der Waals surface area contributed by atoms with Crippen molar-refractivity contribution < 1.29 is 19.4 Å². The highest BCUT2D eigenvalue weighted by molar-refractivity contribution is 8.08. The molecule has 1 aliphatic carbocycles. The zero-order chi connectivity index (χ0) is 17.4. The van der Waals surface area contributed by atoms with Gasteiger partial charge in [0, 0.05) is 30.0 Å². The minimum absolute atomic E-state index is 0.0866. The lowest BCUT2D eigenvalue weighted by Crippen LogP contribution is -2.43. The molecular formula is C19H21NO4S. The molecule has 1 aromatic rings. The highest BCUT2D eigenvalue weighted by Gasteiger charge is 2.38. The Kier molecular flexibility index (Phi) is 4.67. The highest BCUT2D eigenvalue weighted by atomic mass is 32.2. The fourth-order valence-corrected chi connectivity index (χ4v) is 4.82. The summed E-state index contributed by atoms with van der Waals surface area (Å²) in [6, 6.07) is 7.25. The summed E-state index contributed by atoms with van der Waals surface area (Å²) in [5, 5.41) is 9.24. The Bertz CT molecular complexity index is 737. The fraction of sp³-hybridized carbons (Fsp3) is 0.474. The average Bonchev–Trinajstić information content (AvgIpc) is 2.67. The van der Waals surface area contributed by atoms with Crippen molar-refractivity contribution >= 4 is 28.2 Å². The van der Waals surface area contributed by atoms with E-state index in [2.05, 4.69) is 4.90 Å². The molecule has 2 aliphatic heterocycles. The first-order chi connectivity index (χ1) is 12.2. The Morgan fingerprint density at radius 3 is 2.56 bits per heavy atom. The van der Waals surface area contributed by atoms with Crippen LogP contribution in [0, 0.1) is 5.92 Å². The van der Waals surface area contributed by atoms with Crippen LogP contribution in [0.1, 0.15) is 28.8 Å². The van der Waals surface area contributed by atoms with Crippen LogP contribution in [0.3, 0.4) is 0 Å². The molecule has 4 rings (SSSR count). The van der Waals surface area contributed by atoms with Crippen LogP contribution in [0.15, 0.2) is 30.0 Å². The first-order valence-electron chi connectivity index (χ1n) is 8.72. The third-order valence-electron chi connectivity index (χ3n) is 5.16. The van der Waals surface area contributed by atoms with Gasteiger partial charge in [-0.25, -0.2) is 0 Å². The number of nitrogens with zero attached hydrogens (tertiary/aromatic N) is 1. The van der Waals surface area contributed by atoms with Crippen molar-refractivity contribution in [1.29, 1.82) is 0 Å². The molecule has 1 N–H and O–H groups in total. The molecule has 0 amide bonds. The van der Waals surface area contributed by atoms with Crippen LogP contribution in [0.2, 0.25) is 0 Å². The molecule has 0 bridgehead atoms. The van der Waals surface area contributed by atoms with Crippen LogP contribution in [-0.4, -0.2) is 59.7 Å². The minimum Gasteiger partial charge on any atom is -0.483 e. The molecule has 5 nitrogen and oxygen atoms in total. The number of hydrogen-bond donors (Lipinski definition) is 1. The van der Waals surface area contributed by atoms with Crippen LogP contribution in [-0.2, 0) is 9.53 Å². The summed E-state index contributed by atoms with van der Waals surface area (Å²) in [5.74, 6) is 0.412. The van der Waals surface area contributed by atoms with Crippen molar-refractivity contribution in [3.8, 4) is 0 Å². The number of carbonyl (C=O) groups excluding carboxylic acids is 2. The zero-order valence-corrected chi connectivity index (χ0v) is 14.8. The summed E-state index contributed by atoms with van der Waals surface area (Å²) < 4.78 is 5.98. The largest absolute Gasteiger partial charge is 0.483 e. The van der Waals surface area contributed by atoms with Crippen LogP contribution in [0.4, 0.5) is 0 Å². The second kappa shape index (κ2) is 6.94. The summed E-state index contributed by atoms with van der Waals surface area (Å²) in [6.07, 6.45) is 1.90. The van der Waals surface area contributed by atoms with Gasteiger partial charge in [-0.2, -0.15) is 0 Å². The summed E-state index contributed by atoms with van der Waals surface area (Å²) in [7, 11) is 0. The van der Waals surface area contributed by atoms with Gasteiger partial charge in [-0.15, -0.1) is 11.8 Å². The molecule has 1 aromatic carbocycles. The normalized spacial score (nSPS) is 24.8. The van der Waals surface area contributed by atoms with Gasteiger partial charge in [-0.3, -0.25) is 14.5 Å². The van der Waals surface area contributed by atoms with Crippen LogP contribution >= 0.6 is 11.8 Å². The van der Waals surface area contributed by atoms with Gasteiger partial charge in [0.25, 0.3) is 5.78 Å². The number of allylic oxidation sites excluding steroid dienone is 1. The Labute approximate surface area is 151 Å². The molecule has 2 heterocycles. The summed E-state index contributed by atoms with van der Waals surface area (Å²) in [5.41, 5.74) is 1.29. The van der Waals surface area contributed by atoms with Crippen LogP contribution in [0.25, 0.3) is 4.91 Å². The number of benzene rings is 1. The Hall–Kier alpha value is -1.63. The smallest absolute Gasteiger partial charge is 0.269 e. The van der Waals surface area contributed by atoms with Gasteiger partial charge in [-0.05, 0) is 31.8 Å². The van der Waals surface area contributed by atoms with Gasteiger partial charge >= 0.3 is 0 Å². The molecular weight excluding hydrogens is 338 g/mol. The minimum atomic E-state index is -0.523. The fourth-order valence-electron chi connectivity index (χ4n) is 3.69. The summed E-state index contributed by atoms with van der Waals surface area (Å²) in [4.78, 5) is 27.9.